The average molecular weight is 759 g/mol. The molecule has 0 radical (unpaired) electrons. The molecule has 4 nitrogen and oxygen atoms in total. The molecule has 0 spiro atoms. The molecule has 25 heavy (non-hydrogen) atoms. The van der Waals surface area contributed by atoms with Gasteiger partial charge in [-0.15, -0.1) is 0 Å². The third-order valence-corrected chi connectivity index (χ3v) is 6.37. The Morgan fingerprint density at radius 3 is 2.20 bits per heavy atom. The second-order valence-electron chi connectivity index (χ2n) is 5.69. The maximum atomic E-state index is 12.4. The number of H-pyrrole nitrogens is 1. The van der Waals surface area contributed by atoms with Crippen LogP contribution in [0, 0.1) is 3.80 Å². The van der Waals surface area contributed by atoms with Gasteiger partial charge in [-0.05, 0) is 12.8 Å². The monoisotopic (exact) mass is 759 g/mol. The standard InChI is InChI=1S/C11H10F3N3.C4H7I2N.Pt/c1-17-7-15-10(16-17)6-8-2-4-9(5-3-8)11(12,13)14;5-7(6)4-2-1-3-4;/h2-5H,6H2,1H3,(H,15,16);4H,1-3H2;. The molecule has 1 saturated carbocycles. The number of hydrogen-bond donors (Lipinski definition) is 1. The predicted octanol–water partition coefficient (Wildman–Crippen LogP) is 4.98. The van der Waals surface area contributed by atoms with Crippen molar-refractivity contribution in [1.82, 2.24) is 16.1 Å². The zero-order valence-electron chi connectivity index (χ0n) is 13.3. The summed E-state index contributed by atoms with van der Waals surface area (Å²) in [6, 6.07) is 6.00. The summed E-state index contributed by atoms with van der Waals surface area (Å²) in [5.74, 6) is 0.724. The molecule has 3 rings (SSSR count). The van der Waals surface area contributed by atoms with Crippen LogP contribution in [-0.4, -0.2) is 22.1 Å². The fraction of sp³-hybridized carbons (Fsp3) is 0.467. The van der Waals surface area contributed by atoms with E-state index in [2.05, 4.69) is 76.5 Å². The normalized spacial score (nSPS) is 14.9. The number of benzene rings is 1. The number of rotatable bonds is 3. The minimum atomic E-state index is -4.29. The summed E-state index contributed by atoms with van der Waals surface area (Å²) < 4.78 is 41.9. The minimum absolute atomic E-state index is 0.481. The molecule has 0 saturated heterocycles. The Kier molecular flexibility index (Phi) is 8.15. The number of aryl methyl sites for hydroxylation is 1. The first kappa shape index (κ1) is 21.6. The fourth-order valence-electron chi connectivity index (χ4n) is 2.11. The van der Waals surface area contributed by atoms with Crippen LogP contribution in [0.15, 0.2) is 24.3 Å². The van der Waals surface area contributed by atoms with Crippen LogP contribution in [0.25, 0.3) is 0 Å². The first-order valence-corrected chi connectivity index (χ1v) is 10.6. The zero-order chi connectivity index (χ0) is 18.6. The van der Waals surface area contributed by atoms with Crippen molar-refractivity contribution in [2.24, 2.45) is 7.05 Å². The van der Waals surface area contributed by atoms with E-state index < -0.39 is 11.7 Å². The molecule has 0 amide bonds. The second kappa shape index (κ2) is 9.45. The molecule has 1 N–H and O–H groups in total. The van der Waals surface area contributed by atoms with Crippen LogP contribution in [0.3, 0.4) is 0 Å². The van der Waals surface area contributed by atoms with Crippen molar-refractivity contribution in [2.75, 3.05) is 0 Å². The van der Waals surface area contributed by atoms with Crippen molar-refractivity contribution in [1.29, 1.82) is 0 Å². The molecule has 0 atom stereocenters. The third-order valence-electron chi connectivity index (χ3n) is 3.78. The van der Waals surface area contributed by atoms with E-state index in [0.717, 1.165) is 33.4 Å². The Morgan fingerprint density at radius 2 is 1.88 bits per heavy atom. The maximum Gasteiger partial charge on any atom is 0.0311 e. The van der Waals surface area contributed by atoms with Crippen LogP contribution >= 0.6 is 45.7 Å². The maximum absolute atomic E-state index is 12.4. The van der Waals surface area contributed by atoms with Gasteiger partial charge in [-0.1, -0.05) is 6.42 Å². The Morgan fingerprint density at radius 1 is 1.28 bits per heavy atom. The van der Waals surface area contributed by atoms with Crippen LogP contribution in [-0.2, 0) is 39.0 Å². The number of aromatic nitrogens is 3. The topological polar surface area (TPSA) is 36.9 Å². The summed E-state index contributed by atoms with van der Waals surface area (Å²) in [6.45, 7) is 0. The van der Waals surface area contributed by atoms with E-state index in [1.165, 1.54) is 31.4 Å². The van der Waals surface area contributed by atoms with E-state index in [1.807, 2.05) is 7.05 Å². The van der Waals surface area contributed by atoms with Crippen LogP contribution in [0.2, 0.25) is 0 Å². The molecular formula is C15H17F3I2N4Pt. The molecule has 1 aliphatic rings. The predicted molar refractivity (Wildman–Crippen MR) is 103 cm³/mol. The van der Waals surface area contributed by atoms with Gasteiger partial charge in [-0.25, -0.2) is 0 Å². The summed E-state index contributed by atoms with van der Waals surface area (Å²) in [5.41, 5.74) is 0.153. The SMILES string of the molecule is Cn1[nH]c(Cc2ccc(C(F)(F)F)cc2)n[c]1=[Pt].IN(I)C1CCC1. The summed E-state index contributed by atoms with van der Waals surface area (Å²) in [6.07, 6.45) is 0.450. The van der Waals surface area contributed by atoms with Crippen molar-refractivity contribution in [3.63, 3.8) is 0 Å². The Labute approximate surface area is 183 Å². The molecule has 2 aromatic rings. The second-order valence-corrected chi connectivity index (χ2v) is 10.6. The number of alkyl halides is 3. The number of hydrogen-bond acceptors (Lipinski definition) is 2. The Hall–Kier alpha value is 0.258. The van der Waals surface area contributed by atoms with Gasteiger partial charge >= 0.3 is 112 Å². The van der Waals surface area contributed by atoms with Gasteiger partial charge in [0.15, 0.2) is 0 Å². The van der Waals surface area contributed by atoms with E-state index in [0.29, 0.717) is 6.42 Å². The minimum Gasteiger partial charge on any atom is -0.185 e. The van der Waals surface area contributed by atoms with E-state index in [4.69, 9.17) is 0 Å². The quantitative estimate of drug-likeness (QED) is 0.355. The van der Waals surface area contributed by atoms with E-state index in [9.17, 15) is 13.2 Å². The Bertz CT molecular complexity index is 736. The van der Waals surface area contributed by atoms with E-state index in [-0.39, 0.29) is 0 Å². The van der Waals surface area contributed by atoms with Crippen LogP contribution in [0.4, 0.5) is 13.2 Å². The molecule has 0 unspecified atom stereocenters. The van der Waals surface area contributed by atoms with Crippen molar-refractivity contribution >= 4 is 45.7 Å². The number of halogens is 5. The van der Waals surface area contributed by atoms with E-state index in [1.54, 1.807) is 4.68 Å². The number of aromatic amines is 1. The molecule has 1 heterocycles. The van der Waals surface area contributed by atoms with Crippen molar-refractivity contribution in [3.8, 4) is 0 Å². The molecule has 10 heteroatoms. The van der Waals surface area contributed by atoms with Gasteiger partial charge in [-0.2, -0.15) is 1.33 Å². The summed E-state index contributed by atoms with van der Waals surface area (Å²) >= 11 is 6.74. The van der Waals surface area contributed by atoms with Gasteiger partial charge < -0.3 is 0 Å². The first-order chi connectivity index (χ1) is 11.7. The molecule has 142 valence electrons. The van der Waals surface area contributed by atoms with Gasteiger partial charge in [0, 0.05) is 51.8 Å². The van der Waals surface area contributed by atoms with Crippen LogP contribution in [0.5, 0.6) is 0 Å². The number of nitrogens with zero attached hydrogens (tertiary/aromatic N) is 3. The van der Waals surface area contributed by atoms with Gasteiger partial charge in [0.05, 0.1) is 0 Å². The largest absolute Gasteiger partial charge is 0.185 e. The Balaban J connectivity index is 0.000000269. The average Bonchev–Trinajstić information content (AvgIpc) is 2.75. The van der Waals surface area contributed by atoms with Gasteiger partial charge in [0.1, 0.15) is 0 Å². The zero-order valence-corrected chi connectivity index (χ0v) is 19.9. The number of nitrogens with one attached hydrogen (secondary N) is 1. The molecule has 1 aliphatic carbocycles. The fourth-order valence-corrected chi connectivity index (χ4v) is 3.65. The van der Waals surface area contributed by atoms with Gasteiger partial charge in [-0.3, -0.25) is 0 Å². The summed E-state index contributed by atoms with van der Waals surface area (Å²) in [5, 5.41) is 3.01. The van der Waals surface area contributed by atoms with Crippen molar-refractivity contribution in [2.45, 2.75) is 37.9 Å². The first-order valence-electron chi connectivity index (χ1n) is 7.51. The summed E-state index contributed by atoms with van der Waals surface area (Å²) in [7, 11) is 1.82. The summed E-state index contributed by atoms with van der Waals surface area (Å²) in [4.78, 5) is 4.25. The van der Waals surface area contributed by atoms with Crippen LogP contribution < -0.4 is 0 Å². The van der Waals surface area contributed by atoms with Gasteiger partial charge in [0.25, 0.3) is 0 Å². The molecule has 1 fully saturated rings. The van der Waals surface area contributed by atoms with Gasteiger partial charge in [0.2, 0.25) is 0 Å². The van der Waals surface area contributed by atoms with Crippen molar-refractivity contribution in [3.05, 3.63) is 45.0 Å². The smallest absolute Gasteiger partial charge is 0.0311 e. The van der Waals surface area contributed by atoms with Crippen LogP contribution in [0.1, 0.15) is 36.2 Å². The van der Waals surface area contributed by atoms with E-state index >= 15 is 0 Å². The third kappa shape index (κ3) is 6.73. The molecule has 1 aromatic heterocycles. The molecule has 0 aliphatic heterocycles. The van der Waals surface area contributed by atoms with Crippen molar-refractivity contribution < 1.29 is 32.5 Å². The molecular weight excluding hydrogens is 742 g/mol. The molecule has 1 aromatic carbocycles. The molecule has 0 bridgehead atoms.